The standard InChI is InChI=1S/C18H21FO/c1-4-6-14-7-9-15(10-8-14)16-11-12-17(20-5-2)13(3)18(16)19/h7-12H,4-6H2,1-3H3. The molecule has 0 bridgehead atoms. The van der Waals surface area contributed by atoms with E-state index in [1.807, 2.05) is 25.1 Å². The second-order valence-corrected chi connectivity index (χ2v) is 4.93. The van der Waals surface area contributed by atoms with Crippen molar-refractivity contribution in [2.24, 2.45) is 0 Å². The van der Waals surface area contributed by atoms with Gasteiger partial charge in [0.1, 0.15) is 11.6 Å². The Morgan fingerprint density at radius 3 is 2.30 bits per heavy atom. The molecule has 0 unspecified atom stereocenters. The lowest BCUT2D eigenvalue weighted by atomic mass is 9.99. The fraction of sp³-hybridized carbons (Fsp3) is 0.333. The molecule has 1 nitrogen and oxygen atoms in total. The van der Waals surface area contributed by atoms with Crippen LogP contribution in [0.4, 0.5) is 4.39 Å². The second kappa shape index (κ2) is 6.56. The van der Waals surface area contributed by atoms with Crippen LogP contribution in [0.5, 0.6) is 5.75 Å². The van der Waals surface area contributed by atoms with Gasteiger partial charge in [-0.2, -0.15) is 0 Å². The van der Waals surface area contributed by atoms with Crippen LogP contribution in [-0.4, -0.2) is 6.61 Å². The molecule has 0 aliphatic heterocycles. The van der Waals surface area contributed by atoms with Crippen LogP contribution in [0.1, 0.15) is 31.4 Å². The van der Waals surface area contributed by atoms with Crippen molar-refractivity contribution in [2.75, 3.05) is 6.61 Å². The second-order valence-electron chi connectivity index (χ2n) is 4.93. The topological polar surface area (TPSA) is 9.23 Å². The Hall–Kier alpha value is -1.83. The van der Waals surface area contributed by atoms with Crippen molar-refractivity contribution in [1.29, 1.82) is 0 Å². The van der Waals surface area contributed by atoms with Crippen molar-refractivity contribution in [3.8, 4) is 16.9 Å². The largest absolute Gasteiger partial charge is 0.493 e. The van der Waals surface area contributed by atoms with Gasteiger partial charge in [0.2, 0.25) is 0 Å². The van der Waals surface area contributed by atoms with Crippen LogP contribution in [0.25, 0.3) is 11.1 Å². The average molecular weight is 272 g/mol. The van der Waals surface area contributed by atoms with E-state index in [9.17, 15) is 4.39 Å². The molecule has 0 spiro atoms. The van der Waals surface area contributed by atoms with Gasteiger partial charge < -0.3 is 4.74 Å². The first-order valence-electron chi connectivity index (χ1n) is 7.18. The zero-order valence-electron chi connectivity index (χ0n) is 12.4. The van der Waals surface area contributed by atoms with Crippen LogP contribution in [0, 0.1) is 12.7 Å². The van der Waals surface area contributed by atoms with Crippen molar-refractivity contribution in [1.82, 2.24) is 0 Å². The molecule has 0 N–H and O–H groups in total. The molecule has 0 radical (unpaired) electrons. The van der Waals surface area contributed by atoms with Crippen molar-refractivity contribution >= 4 is 0 Å². The first kappa shape index (κ1) is 14.6. The summed E-state index contributed by atoms with van der Waals surface area (Å²) < 4.78 is 19.9. The summed E-state index contributed by atoms with van der Waals surface area (Å²) in [6.07, 6.45) is 2.18. The fourth-order valence-corrected chi connectivity index (χ4v) is 2.34. The van der Waals surface area contributed by atoms with Crippen molar-refractivity contribution in [3.05, 3.63) is 53.3 Å². The van der Waals surface area contributed by atoms with Crippen molar-refractivity contribution < 1.29 is 9.13 Å². The van der Waals surface area contributed by atoms with Crippen LogP contribution in [0.2, 0.25) is 0 Å². The van der Waals surface area contributed by atoms with E-state index < -0.39 is 0 Å². The summed E-state index contributed by atoms with van der Waals surface area (Å²) in [5, 5.41) is 0. The first-order chi connectivity index (χ1) is 9.67. The monoisotopic (exact) mass is 272 g/mol. The number of halogens is 1. The van der Waals surface area contributed by atoms with Gasteiger partial charge in [-0.3, -0.25) is 0 Å². The average Bonchev–Trinajstić information content (AvgIpc) is 2.46. The third kappa shape index (κ3) is 3.01. The third-order valence-electron chi connectivity index (χ3n) is 3.44. The van der Waals surface area contributed by atoms with E-state index in [0.29, 0.717) is 23.5 Å². The number of hydrogen-bond donors (Lipinski definition) is 0. The van der Waals surface area contributed by atoms with Gasteiger partial charge in [0, 0.05) is 11.1 Å². The molecule has 0 aromatic heterocycles. The molecule has 0 saturated heterocycles. The molecule has 2 aromatic carbocycles. The first-order valence-corrected chi connectivity index (χ1v) is 7.18. The number of aryl methyl sites for hydroxylation is 1. The van der Waals surface area contributed by atoms with Crippen LogP contribution in [0.3, 0.4) is 0 Å². The summed E-state index contributed by atoms with van der Waals surface area (Å²) in [5.41, 5.74) is 3.41. The van der Waals surface area contributed by atoms with E-state index in [4.69, 9.17) is 4.74 Å². The number of rotatable bonds is 5. The smallest absolute Gasteiger partial charge is 0.137 e. The summed E-state index contributed by atoms with van der Waals surface area (Å²) >= 11 is 0. The van der Waals surface area contributed by atoms with Crippen molar-refractivity contribution in [3.63, 3.8) is 0 Å². The highest BCUT2D eigenvalue weighted by atomic mass is 19.1. The molecule has 0 amide bonds. The summed E-state index contributed by atoms with van der Waals surface area (Å²) in [6, 6.07) is 11.8. The van der Waals surface area contributed by atoms with Crippen LogP contribution in [-0.2, 0) is 6.42 Å². The van der Waals surface area contributed by atoms with Crippen LogP contribution >= 0.6 is 0 Å². The highest BCUT2D eigenvalue weighted by Crippen LogP contribution is 2.30. The van der Waals surface area contributed by atoms with Gasteiger partial charge in [-0.25, -0.2) is 4.39 Å². The van der Waals surface area contributed by atoms with Crippen LogP contribution in [0.15, 0.2) is 36.4 Å². The minimum atomic E-state index is -0.195. The van der Waals surface area contributed by atoms with Crippen molar-refractivity contribution in [2.45, 2.75) is 33.6 Å². The van der Waals surface area contributed by atoms with Gasteiger partial charge in [-0.15, -0.1) is 0 Å². The molecule has 0 atom stereocenters. The van der Waals surface area contributed by atoms with E-state index in [1.54, 1.807) is 13.0 Å². The lowest BCUT2D eigenvalue weighted by Crippen LogP contribution is -1.97. The zero-order valence-corrected chi connectivity index (χ0v) is 12.4. The minimum absolute atomic E-state index is 0.195. The molecule has 0 aliphatic carbocycles. The maximum absolute atomic E-state index is 14.4. The molecule has 0 saturated carbocycles. The maximum Gasteiger partial charge on any atom is 0.137 e. The quantitative estimate of drug-likeness (QED) is 0.731. The molecule has 2 aromatic rings. The van der Waals surface area contributed by atoms with Gasteiger partial charge >= 0.3 is 0 Å². The highest BCUT2D eigenvalue weighted by molar-refractivity contribution is 5.66. The Labute approximate surface area is 120 Å². The molecule has 0 fully saturated rings. The van der Waals surface area contributed by atoms with Crippen LogP contribution < -0.4 is 4.74 Å². The maximum atomic E-state index is 14.4. The normalized spacial score (nSPS) is 10.6. The van der Waals surface area contributed by atoms with E-state index in [1.165, 1.54) is 5.56 Å². The van der Waals surface area contributed by atoms with E-state index in [-0.39, 0.29) is 5.82 Å². The molecular weight excluding hydrogens is 251 g/mol. The Kier molecular flexibility index (Phi) is 4.78. The SMILES string of the molecule is CCCc1ccc(-c2ccc(OCC)c(C)c2F)cc1. The summed E-state index contributed by atoms with van der Waals surface area (Å²) in [6.45, 7) is 6.36. The number of hydrogen-bond acceptors (Lipinski definition) is 1. The molecule has 2 heteroatoms. The summed E-state index contributed by atoms with van der Waals surface area (Å²) in [7, 11) is 0. The minimum Gasteiger partial charge on any atom is -0.493 e. The molecule has 20 heavy (non-hydrogen) atoms. The lowest BCUT2D eigenvalue weighted by Gasteiger charge is -2.11. The molecule has 2 rings (SSSR count). The lowest BCUT2D eigenvalue weighted by molar-refractivity contribution is 0.335. The van der Waals surface area contributed by atoms with Gasteiger partial charge in [-0.05, 0) is 43.5 Å². The molecule has 106 valence electrons. The molecule has 0 aliphatic rings. The Bertz CT molecular complexity index is 573. The van der Waals surface area contributed by atoms with E-state index in [2.05, 4.69) is 19.1 Å². The van der Waals surface area contributed by atoms with Gasteiger partial charge in [-0.1, -0.05) is 37.6 Å². The van der Waals surface area contributed by atoms with Gasteiger partial charge in [0.25, 0.3) is 0 Å². The Morgan fingerprint density at radius 1 is 1.00 bits per heavy atom. The fourth-order valence-electron chi connectivity index (χ4n) is 2.34. The molecule has 0 heterocycles. The molecular formula is C18H21FO. The van der Waals surface area contributed by atoms with E-state index in [0.717, 1.165) is 18.4 Å². The van der Waals surface area contributed by atoms with Gasteiger partial charge in [0.15, 0.2) is 0 Å². The third-order valence-corrected chi connectivity index (χ3v) is 3.44. The number of benzene rings is 2. The summed E-state index contributed by atoms with van der Waals surface area (Å²) in [4.78, 5) is 0. The zero-order chi connectivity index (χ0) is 14.5. The predicted octanol–water partition coefficient (Wildman–Crippen LogP) is 5.15. The Morgan fingerprint density at radius 2 is 1.70 bits per heavy atom. The van der Waals surface area contributed by atoms with E-state index >= 15 is 0 Å². The summed E-state index contributed by atoms with van der Waals surface area (Å²) in [5.74, 6) is 0.426. The predicted molar refractivity (Wildman–Crippen MR) is 81.7 cm³/mol. The Balaban J connectivity index is 2.35. The van der Waals surface area contributed by atoms with Gasteiger partial charge in [0.05, 0.1) is 6.61 Å². The highest BCUT2D eigenvalue weighted by Gasteiger charge is 2.12. The number of ether oxygens (including phenoxy) is 1.